The Bertz CT molecular complexity index is 604. The van der Waals surface area contributed by atoms with E-state index < -0.39 is 15.8 Å². The van der Waals surface area contributed by atoms with Gasteiger partial charge >= 0.3 is 0 Å². The zero-order chi connectivity index (χ0) is 14.9. The van der Waals surface area contributed by atoms with Gasteiger partial charge in [0.15, 0.2) is 0 Å². The third kappa shape index (κ3) is 2.79. The molecule has 20 heavy (non-hydrogen) atoms. The van der Waals surface area contributed by atoms with E-state index in [9.17, 15) is 12.8 Å². The standard InChI is InChI=1S/C13H19FN2O3S/c1-3-11-8-16(4-5-19-11)20(17,18)13-7-10(15)6-12(14)9(13)2/h6-7,11H,3-5,8,15H2,1-2H3. The summed E-state index contributed by atoms with van der Waals surface area (Å²) in [4.78, 5) is -0.0632. The molecule has 0 aromatic heterocycles. The Morgan fingerprint density at radius 1 is 1.50 bits per heavy atom. The van der Waals surface area contributed by atoms with Crippen LogP contribution in [0.25, 0.3) is 0 Å². The Kier molecular flexibility index (Phi) is 4.31. The molecule has 0 aliphatic carbocycles. The van der Waals surface area contributed by atoms with Crippen molar-refractivity contribution in [1.29, 1.82) is 0 Å². The molecular formula is C13H19FN2O3S. The van der Waals surface area contributed by atoms with Crippen molar-refractivity contribution in [3.8, 4) is 0 Å². The molecule has 1 aromatic carbocycles. The van der Waals surface area contributed by atoms with E-state index in [1.165, 1.54) is 17.3 Å². The van der Waals surface area contributed by atoms with E-state index in [1.54, 1.807) is 0 Å². The third-order valence-corrected chi connectivity index (χ3v) is 5.49. The summed E-state index contributed by atoms with van der Waals surface area (Å²) in [7, 11) is -3.75. The topological polar surface area (TPSA) is 72.6 Å². The predicted octanol–water partition coefficient (Wildman–Crippen LogP) is 1.52. The molecule has 0 saturated carbocycles. The number of halogens is 1. The van der Waals surface area contributed by atoms with Gasteiger partial charge < -0.3 is 10.5 Å². The molecule has 0 spiro atoms. The monoisotopic (exact) mass is 302 g/mol. The van der Waals surface area contributed by atoms with Crippen LogP contribution in [0.4, 0.5) is 10.1 Å². The van der Waals surface area contributed by atoms with Gasteiger partial charge in [0.2, 0.25) is 10.0 Å². The van der Waals surface area contributed by atoms with Gasteiger partial charge in [0, 0.05) is 24.3 Å². The minimum atomic E-state index is -3.75. The molecule has 1 saturated heterocycles. The van der Waals surface area contributed by atoms with Gasteiger partial charge in [0.25, 0.3) is 0 Å². The number of benzene rings is 1. The van der Waals surface area contributed by atoms with Crippen LogP contribution in [0.1, 0.15) is 18.9 Å². The predicted molar refractivity (Wildman–Crippen MR) is 74.3 cm³/mol. The Morgan fingerprint density at radius 2 is 2.20 bits per heavy atom. The maximum atomic E-state index is 13.7. The fourth-order valence-electron chi connectivity index (χ4n) is 2.24. The SMILES string of the molecule is CCC1CN(S(=O)(=O)c2cc(N)cc(F)c2C)CCO1. The zero-order valence-corrected chi connectivity index (χ0v) is 12.4. The van der Waals surface area contributed by atoms with Gasteiger partial charge in [0.05, 0.1) is 17.6 Å². The van der Waals surface area contributed by atoms with E-state index in [1.807, 2.05) is 6.92 Å². The number of hydrogen-bond acceptors (Lipinski definition) is 4. The van der Waals surface area contributed by atoms with E-state index in [4.69, 9.17) is 10.5 Å². The highest BCUT2D eigenvalue weighted by Gasteiger charge is 2.32. The first-order valence-electron chi connectivity index (χ1n) is 6.53. The average molecular weight is 302 g/mol. The molecule has 0 amide bonds. The number of nitrogens with two attached hydrogens (primary N) is 1. The van der Waals surface area contributed by atoms with Crippen LogP contribution in [-0.2, 0) is 14.8 Å². The highest BCUT2D eigenvalue weighted by Crippen LogP contribution is 2.26. The van der Waals surface area contributed by atoms with Crippen LogP contribution in [-0.4, -0.2) is 38.5 Å². The molecule has 0 bridgehead atoms. The third-order valence-electron chi connectivity index (χ3n) is 3.49. The van der Waals surface area contributed by atoms with Gasteiger partial charge in [-0.1, -0.05) is 6.92 Å². The second-order valence-corrected chi connectivity index (χ2v) is 6.80. The second kappa shape index (κ2) is 5.67. The van der Waals surface area contributed by atoms with Crippen molar-refractivity contribution in [3.63, 3.8) is 0 Å². The van der Waals surface area contributed by atoms with Gasteiger partial charge in [-0.3, -0.25) is 0 Å². The first kappa shape index (κ1) is 15.2. The highest BCUT2D eigenvalue weighted by atomic mass is 32.2. The van der Waals surface area contributed by atoms with E-state index >= 15 is 0 Å². The van der Waals surface area contributed by atoms with Crippen LogP contribution < -0.4 is 5.73 Å². The summed E-state index contributed by atoms with van der Waals surface area (Å²) < 4.78 is 45.7. The molecule has 1 aromatic rings. The fraction of sp³-hybridized carbons (Fsp3) is 0.538. The number of rotatable bonds is 3. The summed E-state index contributed by atoms with van der Waals surface area (Å²) in [6.07, 6.45) is 0.612. The summed E-state index contributed by atoms with van der Waals surface area (Å²) in [5, 5.41) is 0. The van der Waals surface area contributed by atoms with E-state index in [0.717, 1.165) is 12.5 Å². The molecular weight excluding hydrogens is 283 g/mol. The van der Waals surface area contributed by atoms with Crippen molar-refractivity contribution in [2.24, 2.45) is 0 Å². The molecule has 1 heterocycles. The van der Waals surface area contributed by atoms with Gasteiger partial charge in [-0.05, 0) is 25.5 Å². The Morgan fingerprint density at radius 3 is 2.85 bits per heavy atom. The Labute approximate surface area is 118 Å². The number of ether oxygens (including phenoxy) is 1. The lowest BCUT2D eigenvalue weighted by molar-refractivity contribution is -0.00279. The number of hydrogen-bond donors (Lipinski definition) is 1. The van der Waals surface area contributed by atoms with E-state index in [0.29, 0.717) is 6.61 Å². The number of morpholine rings is 1. The second-order valence-electron chi connectivity index (χ2n) is 4.89. The van der Waals surface area contributed by atoms with E-state index in [-0.39, 0.29) is 35.3 Å². The Hall–Kier alpha value is -1.18. The molecule has 1 unspecified atom stereocenters. The number of nitrogens with zero attached hydrogens (tertiary/aromatic N) is 1. The van der Waals surface area contributed by atoms with Gasteiger partial charge in [-0.2, -0.15) is 4.31 Å². The molecule has 2 N–H and O–H groups in total. The van der Waals surface area contributed by atoms with Crippen LogP contribution in [0.15, 0.2) is 17.0 Å². The summed E-state index contributed by atoms with van der Waals surface area (Å²) in [6, 6.07) is 2.44. The first-order chi connectivity index (χ1) is 9.36. The summed E-state index contributed by atoms with van der Waals surface area (Å²) in [5.74, 6) is -0.608. The quantitative estimate of drug-likeness (QED) is 0.859. The summed E-state index contributed by atoms with van der Waals surface area (Å²) >= 11 is 0. The van der Waals surface area contributed by atoms with Crippen molar-refractivity contribution in [1.82, 2.24) is 4.31 Å². The van der Waals surface area contributed by atoms with Crippen molar-refractivity contribution >= 4 is 15.7 Å². The largest absolute Gasteiger partial charge is 0.399 e. The van der Waals surface area contributed by atoms with Crippen molar-refractivity contribution in [2.45, 2.75) is 31.3 Å². The molecule has 5 nitrogen and oxygen atoms in total. The smallest absolute Gasteiger partial charge is 0.243 e. The lowest BCUT2D eigenvalue weighted by atomic mass is 10.2. The molecule has 1 aliphatic rings. The fourth-order valence-corrected chi connectivity index (χ4v) is 3.96. The number of nitrogen functional groups attached to an aromatic ring is 1. The summed E-state index contributed by atoms with van der Waals surface area (Å²) in [6.45, 7) is 4.29. The highest BCUT2D eigenvalue weighted by molar-refractivity contribution is 7.89. The van der Waals surface area contributed by atoms with Crippen LogP contribution in [0.3, 0.4) is 0 Å². The van der Waals surface area contributed by atoms with Crippen molar-refractivity contribution in [2.75, 3.05) is 25.4 Å². The Balaban J connectivity index is 2.40. The van der Waals surface area contributed by atoms with Crippen LogP contribution in [0.2, 0.25) is 0 Å². The van der Waals surface area contributed by atoms with Crippen LogP contribution in [0, 0.1) is 12.7 Å². The number of anilines is 1. The average Bonchev–Trinajstić information content (AvgIpc) is 2.42. The lowest BCUT2D eigenvalue weighted by Gasteiger charge is -2.32. The van der Waals surface area contributed by atoms with Crippen molar-refractivity contribution < 1.29 is 17.5 Å². The first-order valence-corrected chi connectivity index (χ1v) is 7.97. The normalized spacial score (nSPS) is 21.1. The maximum absolute atomic E-state index is 13.7. The molecule has 2 rings (SSSR count). The molecule has 1 fully saturated rings. The summed E-state index contributed by atoms with van der Waals surface area (Å²) in [5.41, 5.74) is 5.76. The minimum absolute atomic E-state index is 0.0632. The van der Waals surface area contributed by atoms with E-state index in [2.05, 4.69) is 0 Å². The van der Waals surface area contributed by atoms with Crippen molar-refractivity contribution in [3.05, 3.63) is 23.5 Å². The minimum Gasteiger partial charge on any atom is -0.399 e. The van der Waals surface area contributed by atoms with Gasteiger partial charge in [0.1, 0.15) is 5.82 Å². The molecule has 1 aliphatic heterocycles. The number of sulfonamides is 1. The maximum Gasteiger partial charge on any atom is 0.243 e. The van der Waals surface area contributed by atoms with Gasteiger partial charge in [-0.15, -0.1) is 0 Å². The van der Waals surface area contributed by atoms with Gasteiger partial charge in [-0.25, -0.2) is 12.8 Å². The molecule has 1 atom stereocenters. The molecule has 7 heteroatoms. The zero-order valence-electron chi connectivity index (χ0n) is 11.6. The molecule has 0 radical (unpaired) electrons. The van der Waals surface area contributed by atoms with Crippen LogP contribution >= 0.6 is 0 Å². The van der Waals surface area contributed by atoms with Crippen LogP contribution in [0.5, 0.6) is 0 Å². The lowest BCUT2D eigenvalue weighted by Crippen LogP contribution is -2.45. The molecule has 112 valence electrons.